The highest BCUT2D eigenvalue weighted by atomic mass is 16.2. The van der Waals surface area contributed by atoms with Gasteiger partial charge < -0.3 is 31.9 Å². The molecule has 0 fully saturated rings. The number of amides is 6. The van der Waals surface area contributed by atoms with E-state index >= 15 is 0 Å². The number of nitrogens with one attached hydrogen (secondary N) is 7. The third-order valence-corrected chi connectivity index (χ3v) is 22.2. The third kappa shape index (κ3) is 22.5. The Morgan fingerprint density at radius 3 is 1.17 bits per heavy atom. The van der Waals surface area contributed by atoms with E-state index in [-0.39, 0.29) is 158 Å². The fourth-order valence-electron chi connectivity index (χ4n) is 14.7. The number of rotatable bonds is 14. The fraction of sp³-hybridized carbons (Fsp3) is 0.505. The number of carbonyl (C=O) groups excluding carboxylic acids is 12. The Balaban J connectivity index is 0.000000182. The van der Waals surface area contributed by atoms with Gasteiger partial charge >= 0.3 is 5.69 Å². The number of Topliss-reactive ketones (excluding diaryl/α,β-unsaturated/α-hetero) is 6. The van der Waals surface area contributed by atoms with E-state index in [1.54, 1.807) is 50.6 Å². The molecule has 1 aromatic carbocycles. The van der Waals surface area contributed by atoms with Gasteiger partial charge in [-0.25, -0.2) is 34.7 Å². The van der Waals surface area contributed by atoms with Crippen molar-refractivity contribution in [3.63, 3.8) is 0 Å². The molecule has 126 heavy (non-hydrogen) atoms. The molecule has 0 bridgehead atoms. The summed E-state index contributed by atoms with van der Waals surface area (Å²) in [5, 5.41) is 24.7. The van der Waals surface area contributed by atoms with Gasteiger partial charge in [-0.2, -0.15) is 5.10 Å². The summed E-state index contributed by atoms with van der Waals surface area (Å²) in [6, 6.07) is 14.5. The first kappa shape index (κ1) is 99.1. The average Bonchev–Trinajstić information content (AvgIpc) is 0.819. The van der Waals surface area contributed by atoms with E-state index < -0.39 is 41.2 Å². The number of anilines is 6. The number of pyridine rings is 3. The molecule has 6 amide bonds. The van der Waals surface area contributed by atoms with E-state index in [1.165, 1.54) is 10.8 Å². The van der Waals surface area contributed by atoms with Gasteiger partial charge in [-0.3, -0.25) is 76.9 Å². The van der Waals surface area contributed by atoms with Crippen LogP contribution in [0.25, 0.3) is 11.0 Å². The van der Waals surface area contributed by atoms with Gasteiger partial charge in [-0.05, 0) is 138 Å². The molecule has 6 unspecified atom stereocenters. The molecule has 6 aliphatic heterocycles. The zero-order valence-corrected chi connectivity index (χ0v) is 77.7. The third-order valence-electron chi connectivity index (χ3n) is 22.2. The van der Waals surface area contributed by atoms with Crippen LogP contribution in [0.4, 0.5) is 34.4 Å². The fourth-order valence-corrected chi connectivity index (χ4v) is 14.7. The summed E-state index contributed by atoms with van der Waals surface area (Å²) >= 11 is 0. The normalized spacial score (nSPS) is 18.0. The molecule has 0 aliphatic carbocycles. The topological polar surface area (TPSA) is 448 Å². The van der Waals surface area contributed by atoms with Crippen LogP contribution >= 0.6 is 0 Å². The van der Waals surface area contributed by atoms with Crippen molar-refractivity contribution in [2.75, 3.05) is 31.9 Å². The van der Waals surface area contributed by atoms with Gasteiger partial charge in [0.15, 0.2) is 46.2 Å². The van der Waals surface area contributed by atoms with Crippen molar-refractivity contribution in [1.29, 1.82) is 0 Å². The summed E-state index contributed by atoms with van der Waals surface area (Å²) in [7, 11) is 0. The minimum Gasteiger partial charge on any atom is -0.325 e. The van der Waals surface area contributed by atoms with Gasteiger partial charge in [0.2, 0.25) is 35.4 Å². The van der Waals surface area contributed by atoms with Gasteiger partial charge in [0, 0.05) is 40.7 Å². The maximum Gasteiger partial charge on any atom is 0.330 e. The van der Waals surface area contributed by atoms with Crippen LogP contribution in [-0.4, -0.2) is 125 Å². The lowest BCUT2D eigenvalue weighted by Crippen LogP contribution is -2.39. The summed E-state index contributed by atoms with van der Waals surface area (Å²) in [6.07, 6.45) is 6.42. The van der Waals surface area contributed by atoms with Crippen LogP contribution in [0, 0.1) is 71.0 Å². The minimum absolute atomic E-state index is 0.00122. The van der Waals surface area contributed by atoms with E-state index in [1.807, 2.05) is 183 Å². The lowest BCUT2D eigenvalue weighted by atomic mass is 9.83. The Hall–Kier alpha value is -12.3. The van der Waals surface area contributed by atoms with Crippen molar-refractivity contribution in [1.82, 2.24) is 54.6 Å². The highest BCUT2D eigenvalue weighted by molar-refractivity contribution is 6.24. The number of fused-ring (bicyclic) bond motifs is 7. The predicted molar refractivity (Wildman–Crippen MR) is 484 cm³/mol. The molecule has 7 aromatic heterocycles. The number of aromatic nitrogens is 11. The first-order chi connectivity index (χ1) is 58.9. The monoisotopic (exact) mass is 1730 g/mol. The first-order valence-electron chi connectivity index (χ1n) is 43.4. The van der Waals surface area contributed by atoms with E-state index in [4.69, 9.17) is 0 Å². The molecule has 13 heterocycles. The van der Waals surface area contributed by atoms with Crippen LogP contribution in [0.2, 0.25) is 0 Å². The molecule has 14 rings (SSSR count). The Kier molecular flexibility index (Phi) is 32.8. The number of benzene rings is 1. The van der Waals surface area contributed by atoms with Crippen molar-refractivity contribution in [2.45, 2.75) is 241 Å². The predicted octanol–water partition coefficient (Wildman–Crippen LogP) is 16.3. The number of hydrogen-bond acceptors (Lipinski definition) is 23. The Bertz CT molecular complexity index is 4930. The molecule has 31 nitrogen and oxygen atoms in total. The Morgan fingerprint density at radius 1 is 0.294 bits per heavy atom. The van der Waals surface area contributed by atoms with Gasteiger partial charge in [-0.1, -0.05) is 186 Å². The summed E-state index contributed by atoms with van der Waals surface area (Å²) in [5.74, 6) is -2.95. The standard InChI is InChI=1S/C15H19NO2.3C14H18N2O2.2C13H17N3O2.C12H16N4O2/c1-8(2)10-5-6-12-11(7-10)14(17)13(9(3)4)15(18)16-12;1-7(2)10-5-9-11(6-15-10)16-14(18)12(8(3)4)13(9)17;1-7(2)9-5-10-12(17)11(8(3)4)14(18)16-13(10)15-6-9;1-7(2)9-5-6-10-12(15-9)13(17)11(8(3)4)14(18)16-10;1-6(2)9-11(17)10-8(15-13(9)18)5-14-12(16-10)7(3)4;1-6(2)8-5-14-12-10(15-8)11(17)9(7(3)4)13(18)16-12;1-6(2)9-5-8-10(15-14-9)13-12(18)16(7(3)4)11(8)17/h5-9,13H,1-4H3,(H,16,18);5-8,12H,1-4H3,(H,16,18);5-8,11H,1-4H3,(H,15,16,18);5-8,11H,1-4H3,(H,16,18);5-7,9H,1-4H3,(H,15,18);5-7,9H,1-4H3,(H,14,16,18);5-7H,1-4H3,(H,13,15,18). The van der Waals surface area contributed by atoms with Crippen LogP contribution in [-0.2, 0) is 28.8 Å². The Labute approximate surface area is 736 Å². The van der Waals surface area contributed by atoms with Crippen molar-refractivity contribution >= 4 is 116 Å². The lowest BCUT2D eigenvalue weighted by molar-refractivity contribution is -0.120. The molecule has 6 atom stereocenters. The highest BCUT2D eigenvalue weighted by Crippen LogP contribution is 2.37. The lowest BCUT2D eigenvalue weighted by Gasteiger charge is -2.26. The van der Waals surface area contributed by atoms with Gasteiger partial charge in [0.25, 0.3) is 5.56 Å². The van der Waals surface area contributed by atoms with Gasteiger partial charge in [0.05, 0.1) is 63.7 Å². The first-order valence-corrected chi connectivity index (χ1v) is 43.4. The zero-order chi connectivity index (χ0) is 94.1. The summed E-state index contributed by atoms with van der Waals surface area (Å²) in [4.78, 5) is 201. The molecule has 0 saturated heterocycles. The molecule has 0 spiro atoms. The largest absolute Gasteiger partial charge is 0.330 e. The number of ketones is 6. The van der Waals surface area contributed by atoms with E-state index in [0.29, 0.717) is 85.4 Å². The van der Waals surface area contributed by atoms with Crippen LogP contribution in [0.5, 0.6) is 0 Å². The average molecular weight is 1730 g/mol. The molecular weight excluding hydrogens is 1600 g/mol. The molecule has 0 saturated carbocycles. The molecular formula is C95H123N17O14. The highest BCUT2D eigenvalue weighted by Gasteiger charge is 2.44. The van der Waals surface area contributed by atoms with Gasteiger partial charge in [0.1, 0.15) is 64.2 Å². The second-order valence-electron chi connectivity index (χ2n) is 37.0. The van der Waals surface area contributed by atoms with Crippen molar-refractivity contribution < 1.29 is 57.5 Å². The van der Waals surface area contributed by atoms with Crippen molar-refractivity contribution in [3.05, 3.63) is 168 Å². The van der Waals surface area contributed by atoms with E-state index in [2.05, 4.69) is 110 Å². The second kappa shape index (κ2) is 41.7. The molecule has 8 aromatic rings. The van der Waals surface area contributed by atoms with Crippen LogP contribution in [0.1, 0.15) is 344 Å². The molecule has 31 heteroatoms. The summed E-state index contributed by atoms with van der Waals surface area (Å²) < 4.78 is 1.19. The van der Waals surface area contributed by atoms with Crippen molar-refractivity contribution in [2.24, 2.45) is 71.0 Å². The van der Waals surface area contributed by atoms with E-state index in [9.17, 15) is 67.1 Å². The molecule has 0 radical (unpaired) electrons. The SMILES string of the molecule is CC(C)c1cc2c(=O)n(C(C)C)c(=O)[nH]c2nn1.CC(C)c1cc2c(cn1)NC(=O)C(C(C)C)C2=O.CC(C)c1ccc2c(c1)C(=O)C(C(C)C)C(=O)N2.CC(C)c1ccc2c(n1)C(=O)C(C(C)C)C(=O)N2.CC(C)c1cnc2c(c1)C(=O)C(C(C)C)C(=O)N2.CC(C)c1cnc2c(n1)C(=O)C(C(C)C)C(=O)N2.CC(C)c1ncc2c(n1)C(=O)C(C(C)C)C(=O)N2. The number of H-pyrrole nitrogens is 1. The number of nitrogens with zero attached hydrogens (tertiary/aromatic N) is 10. The van der Waals surface area contributed by atoms with E-state index in [0.717, 1.165) is 33.9 Å². The maximum absolute atomic E-state index is 12.4. The maximum atomic E-state index is 12.4. The molecule has 672 valence electrons. The zero-order valence-electron chi connectivity index (χ0n) is 77.7. The molecule has 6 aliphatic rings. The number of hydrogen-bond donors (Lipinski definition) is 7. The number of aromatic amines is 1. The summed E-state index contributed by atoms with van der Waals surface area (Å²) in [5.41, 5.74) is 9.82. The van der Waals surface area contributed by atoms with Crippen LogP contribution in [0.15, 0.2) is 82.9 Å². The Morgan fingerprint density at radius 2 is 0.690 bits per heavy atom. The smallest absolute Gasteiger partial charge is 0.325 e. The van der Waals surface area contributed by atoms with Crippen molar-refractivity contribution in [3.8, 4) is 0 Å². The second-order valence-corrected chi connectivity index (χ2v) is 37.0. The summed E-state index contributed by atoms with van der Waals surface area (Å²) in [6.45, 7) is 54.4. The van der Waals surface area contributed by atoms with Crippen LogP contribution in [0.3, 0.4) is 0 Å². The molecule has 7 N–H and O–H groups in total. The van der Waals surface area contributed by atoms with Crippen LogP contribution < -0.4 is 43.1 Å². The quantitative estimate of drug-likeness (QED) is 0.0497. The number of carbonyl (C=O) groups is 12. The minimum atomic E-state index is -0.658. The van der Waals surface area contributed by atoms with Gasteiger partial charge in [-0.15, -0.1) is 5.10 Å².